The predicted molar refractivity (Wildman–Crippen MR) is 114 cm³/mol. The second-order valence-corrected chi connectivity index (χ2v) is 11.0. The van der Waals surface area contributed by atoms with Crippen LogP contribution in [0.5, 0.6) is 11.5 Å². The monoisotopic (exact) mass is 444 g/mol. The van der Waals surface area contributed by atoms with E-state index in [1.54, 1.807) is 6.07 Å². The van der Waals surface area contributed by atoms with Gasteiger partial charge >= 0.3 is 11.9 Å². The Hall–Kier alpha value is -2.28. The number of carbonyl (C=O) groups excluding carboxylic acids is 2. The lowest BCUT2D eigenvalue weighted by atomic mass is 9.43. The molecule has 32 heavy (non-hydrogen) atoms. The van der Waals surface area contributed by atoms with E-state index in [0.717, 1.165) is 12.8 Å². The van der Waals surface area contributed by atoms with Crippen molar-refractivity contribution in [1.29, 1.82) is 0 Å². The summed E-state index contributed by atoms with van der Waals surface area (Å²) < 4.78 is 17.7. The fraction of sp³-hybridized carbons (Fsp3) is 0.680. The van der Waals surface area contributed by atoms with Crippen LogP contribution in [-0.2, 0) is 27.3 Å². The normalized spacial score (nSPS) is 39.0. The van der Waals surface area contributed by atoms with Crippen LogP contribution in [0.15, 0.2) is 6.07 Å². The summed E-state index contributed by atoms with van der Waals surface area (Å²) in [6.45, 7) is 9.89. The largest absolute Gasteiger partial charge is 0.508 e. The maximum atomic E-state index is 12.5. The van der Waals surface area contributed by atoms with Crippen molar-refractivity contribution in [3.63, 3.8) is 0 Å². The number of aliphatic hydroxyl groups excluding tert-OH is 1. The Labute approximate surface area is 188 Å². The summed E-state index contributed by atoms with van der Waals surface area (Å²) >= 11 is 0. The lowest BCUT2D eigenvalue weighted by molar-refractivity contribution is -0.245. The number of aliphatic hydroxyl groups is 1. The Morgan fingerprint density at radius 2 is 1.97 bits per heavy atom. The highest BCUT2D eigenvalue weighted by Gasteiger charge is 2.69. The number of ether oxygens (including phenoxy) is 3. The Morgan fingerprint density at radius 3 is 2.66 bits per heavy atom. The molecule has 174 valence electrons. The van der Waals surface area contributed by atoms with Gasteiger partial charge in [0.15, 0.2) is 0 Å². The first-order chi connectivity index (χ1) is 14.9. The van der Waals surface area contributed by atoms with E-state index in [1.165, 1.54) is 6.92 Å². The predicted octanol–water partition coefficient (Wildman–Crippen LogP) is 3.51. The molecule has 7 heteroatoms. The Kier molecular flexibility index (Phi) is 4.46. The van der Waals surface area contributed by atoms with Gasteiger partial charge in [-0.1, -0.05) is 27.7 Å². The van der Waals surface area contributed by atoms with Gasteiger partial charge < -0.3 is 24.4 Å². The summed E-state index contributed by atoms with van der Waals surface area (Å²) in [5.74, 6) is -0.0471. The minimum Gasteiger partial charge on any atom is -0.508 e. The van der Waals surface area contributed by atoms with Crippen LogP contribution in [0.1, 0.15) is 75.4 Å². The highest BCUT2D eigenvalue weighted by Crippen LogP contribution is 2.67. The van der Waals surface area contributed by atoms with Crippen LogP contribution in [0, 0.1) is 22.7 Å². The van der Waals surface area contributed by atoms with Crippen LogP contribution in [0.4, 0.5) is 0 Å². The Bertz CT molecular complexity index is 1010. The van der Waals surface area contributed by atoms with Crippen molar-refractivity contribution < 1.29 is 34.0 Å². The number of phenolic OH excluding ortho intramolecular Hbond substituents is 1. The van der Waals surface area contributed by atoms with E-state index in [4.69, 9.17) is 14.2 Å². The highest BCUT2D eigenvalue weighted by molar-refractivity contribution is 5.97. The van der Waals surface area contributed by atoms with Gasteiger partial charge in [0.05, 0.1) is 6.10 Å². The topological polar surface area (TPSA) is 102 Å². The zero-order valence-corrected chi connectivity index (χ0v) is 19.4. The molecule has 2 N–H and O–H groups in total. The molecule has 0 unspecified atom stereocenters. The number of fused-ring (bicyclic) bond motifs is 5. The Balaban J connectivity index is 1.65. The fourth-order valence-electron chi connectivity index (χ4n) is 7.52. The number of rotatable bonds is 1. The molecule has 0 bridgehead atoms. The third-order valence-corrected chi connectivity index (χ3v) is 9.10. The Morgan fingerprint density at radius 1 is 1.25 bits per heavy atom. The molecule has 2 aliphatic carbocycles. The van der Waals surface area contributed by atoms with Crippen LogP contribution < -0.4 is 4.74 Å². The molecule has 1 aromatic carbocycles. The van der Waals surface area contributed by atoms with Crippen molar-refractivity contribution in [2.45, 2.75) is 84.7 Å². The number of hydrogen-bond acceptors (Lipinski definition) is 7. The molecule has 0 saturated heterocycles. The molecule has 0 amide bonds. The van der Waals surface area contributed by atoms with Gasteiger partial charge in [0, 0.05) is 29.9 Å². The summed E-state index contributed by atoms with van der Waals surface area (Å²) in [6.07, 6.45) is 1.29. The van der Waals surface area contributed by atoms with Gasteiger partial charge in [0.25, 0.3) is 0 Å². The molecule has 2 saturated carbocycles. The van der Waals surface area contributed by atoms with E-state index < -0.39 is 40.6 Å². The van der Waals surface area contributed by atoms with Gasteiger partial charge in [-0.3, -0.25) is 4.79 Å². The number of aromatic hydroxyl groups is 1. The maximum Gasteiger partial charge on any atom is 0.342 e. The van der Waals surface area contributed by atoms with E-state index in [9.17, 15) is 19.8 Å². The fourth-order valence-corrected chi connectivity index (χ4v) is 7.52. The first-order valence-electron chi connectivity index (χ1n) is 11.5. The van der Waals surface area contributed by atoms with E-state index in [-0.39, 0.29) is 24.2 Å². The SMILES string of the molecule is CC(=O)O[C@@H]1C[C@@]2(C)[C@@H](CC[C@@H](C)[C@]23Cc2c(O)cc4c(c2O3)C(=O)OC4)C(C)(C)[C@@H]1O. The summed E-state index contributed by atoms with van der Waals surface area (Å²) in [5.41, 5.74) is 0.0216. The molecule has 7 nitrogen and oxygen atoms in total. The zero-order valence-electron chi connectivity index (χ0n) is 19.4. The lowest BCUT2D eigenvalue weighted by Gasteiger charge is -2.65. The summed E-state index contributed by atoms with van der Waals surface area (Å²) in [5, 5.41) is 22.0. The minimum atomic E-state index is -0.786. The number of benzene rings is 1. The first-order valence-corrected chi connectivity index (χ1v) is 11.5. The van der Waals surface area contributed by atoms with Gasteiger partial charge in [-0.05, 0) is 42.6 Å². The van der Waals surface area contributed by atoms with Crippen LogP contribution in [-0.4, -0.2) is 40.0 Å². The van der Waals surface area contributed by atoms with Crippen molar-refractivity contribution in [3.8, 4) is 11.5 Å². The van der Waals surface area contributed by atoms with E-state index in [0.29, 0.717) is 35.3 Å². The number of esters is 2. The van der Waals surface area contributed by atoms with Gasteiger partial charge in [-0.2, -0.15) is 0 Å². The average molecular weight is 445 g/mol. The summed E-state index contributed by atoms with van der Waals surface area (Å²) in [6, 6.07) is 1.62. The van der Waals surface area contributed by atoms with Crippen LogP contribution in [0.3, 0.4) is 0 Å². The summed E-state index contributed by atoms with van der Waals surface area (Å²) in [7, 11) is 0. The van der Waals surface area contributed by atoms with Crippen LogP contribution in [0.2, 0.25) is 0 Å². The third-order valence-electron chi connectivity index (χ3n) is 9.10. The molecule has 0 radical (unpaired) electrons. The molecule has 0 aromatic heterocycles. The molecule has 4 aliphatic rings. The number of phenols is 1. The second-order valence-electron chi connectivity index (χ2n) is 11.0. The number of carbonyl (C=O) groups is 2. The molecular formula is C25H32O7. The smallest absolute Gasteiger partial charge is 0.342 e. The zero-order chi connectivity index (χ0) is 23.2. The van der Waals surface area contributed by atoms with Gasteiger partial charge in [0.2, 0.25) is 0 Å². The van der Waals surface area contributed by atoms with Crippen molar-refractivity contribution in [3.05, 3.63) is 22.8 Å². The molecule has 6 atom stereocenters. The molecule has 1 aromatic rings. The number of hydrogen-bond donors (Lipinski definition) is 2. The van der Waals surface area contributed by atoms with E-state index >= 15 is 0 Å². The molecule has 2 aliphatic heterocycles. The van der Waals surface area contributed by atoms with Crippen molar-refractivity contribution in [2.24, 2.45) is 22.7 Å². The molecule has 2 fully saturated rings. The summed E-state index contributed by atoms with van der Waals surface area (Å²) in [4.78, 5) is 24.3. The molecule has 1 spiro atoms. The average Bonchev–Trinajstić information content (AvgIpc) is 3.27. The van der Waals surface area contributed by atoms with Gasteiger partial charge in [-0.15, -0.1) is 0 Å². The number of cyclic esters (lactones) is 1. The molecular weight excluding hydrogens is 412 g/mol. The van der Waals surface area contributed by atoms with E-state index in [2.05, 4.69) is 13.8 Å². The van der Waals surface area contributed by atoms with Crippen molar-refractivity contribution >= 4 is 11.9 Å². The molecule has 2 heterocycles. The van der Waals surface area contributed by atoms with Crippen LogP contribution in [0.25, 0.3) is 0 Å². The quantitative estimate of drug-likeness (QED) is 0.639. The maximum absolute atomic E-state index is 12.5. The first kappa shape index (κ1) is 21.6. The van der Waals surface area contributed by atoms with Gasteiger partial charge in [-0.25, -0.2) is 4.79 Å². The van der Waals surface area contributed by atoms with Crippen LogP contribution >= 0.6 is 0 Å². The molecule has 5 rings (SSSR count). The van der Waals surface area contributed by atoms with Gasteiger partial charge in [0.1, 0.15) is 35.4 Å². The van der Waals surface area contributed by atoms with Crippen molar-refractivity contribution in [2.75, 3.05) is 0 Å². The third kappa shape index (κ3) is 2.57. The minimum absolute atomic E-state index is 0.101. The lowest BCUT2D eigenvalue weighted by Crippen LogP contribution is -2.69. The highest BCUT2D eigenvalue weighted by atomic mass is 16.6. The van der Waals surface area contributed by atoms with E-state index in [1.807, 2.05) is 13.8 Å². The van der Waals surface area contributed by atoms with Crippen molar-refractivity contribution in [1.82, 2.24) is 0 Å². The second kappa shape index (κ2) is 6.62. The standard InChI is InChI=1S/C25H32O7/c1-12-6-7-18-23(3,4)21(28)17(31-13(2)26)10-24(18,5)25(12)9-15-16(27)8-14-11-30-22(29)19(14)20(15)32-25/h8,12,17-18,21,27-28H,6-7,9-11H2,1-5H3/t12-,17-,18+,21-,24+,25-/m1/s1.